The second-order valence-corrected chi connectivity index (χ2v) is 5.84. The molecule has 1 aliphatic carbocycles. The molecule has 1 fully saturated rings. The molecule has 0 spiro atoms. The van der Waals surface area contributed by atoms with Crippen molar-refractivity contribution in [3.63, 3.8) is 0 Å². The summed E-state index contributed by atoms with van der Waals surface area (Å²) in [6, 6.07) is -0.517. The van der Waals surface area contributed by atoms with Gasteiger partial charge in [-0.1, -0.05) is 5.10 Å². The van der Waals surface area contributed by atoms with Gasteiger partial charge in [0.2, 0.25) is 11.8 Å². The number of ether oxygens (including phenoxy) is 1. The van der Waals surface area contributed by atoms with Crippen LogP contribution in [0.15, 0.2) is 4.42 Å². The molecule has 0 aromatic carbocycles. The van der Waals surface area contributed by atoms with Crippen LogP contribution in [0.5, 0.6) is 0 Å². The molecule has 0 saturated heterocycles. The molecule has 0 bridgehead atoms. The van der Waals surface area contributed by atoms with Crippen LogP contribution in [0.1, 0.15) is 31.1 Å². The number of nitrogens with one attached hydrogen (secondary N) is 1. The first-order chi connectivity index (χ1) is 10.1. The predicted molar refractivity (Wildman–Crippen MR) is 76.8 cm³/mol. The van der Waals surface area contributed by atoms with E-state index in [1.165, 1.54) is 18.9 Å². The third-order valence-corrected chi connectivity index (χ3v) is 3.91. The number of thioether (sulfide) groups is 1. The fourth-order valence-electron chi connectivity index (χ4n) is 1.58. The standard InChI is InChI=1S/C12H18N4O4S/c1-19-11(18)8(13)4-5-21-6-9(17)14-12-16-15-10(20-12)7-2-3-7/h7-8H,2-6,13H2,1H3,(H,14,16,17). The fraction of sp³-hybridized carbons (Fsp3) is 0.667. The molecule has 1 aromatic heterocycles. The molecule has 9 heteroatoms. The minimum atomic E-state index is -0.650. The van der Waals surface area contributed by atoms with Gasteiger partial charge < -0.3 is 14.9 Å². The smallest absolute Gasteiger partial charge is 0.322 e. The average Bonchev–Trinajstić information content (AvgIpc) is 3.23. The van der Waals surface area contributed by atoms with E-state index >= 15 is 0 Å². The molecule has 1 atom stereocenters. The summed E-state index contributed by atoms with van der Waals surface area (Å²) in [7, 11) is 1.29. The van der Waals surface area contributed by atoms with E-state index in [4.69, 9.17) is 10.2 Å². The Bertz CT molecular complexity index is 503. The minimum Gasteiger partial charge on any atom is -0.468 e. The number of nitrogens with zero attached hydrogens (tertiary/aromatic N) is 2. The van der Waals surface area contributed by atoms with Gasteiger partial charge in [-0.25, -0.2) is 0 Å². The molecule has 2 rings (SSSR count). The lowest BCUT2D eigenvalue weighted by Gasteiger charge is -2.08. The number of anilines is 1. The Kier molecular flexibility index (Phi) is 5.57. The monoisotopic (exact) mass is 314 g/mol. The maximum atomic E-state index is 11.7. The molecule has 8 nitrogen and oxygen atoms in total. The highest BCUT2D eigenvalue weighted by Gasteiger charge is 2.29. The van der Waals surface area contributed by atoms with Crippen LogP contribution in [0.3, 0.4) is 0 Å². The van der Waals surface area contributed by atoms with E-state index in [-0.39, 0.29) is 17.7 Å². The highest BCUT2D eigenvalue weighted by molar-refractivity contribution is 7.99. The van der Waals surface area contributed by atoms with E-state index in [2.05, 4.69) is 20.3 Å². The second kappa shape index (κ2) is 7.41. The van der Waals surface area contributed by atoms with Gasteiger partial charge in [0.25, 0.3) is 0 Å². The van der Waals surface area contributed by atoms with Gasteiger partial charge in [-0.05, 0) is 25.0 Å². The van der Waals surface area contributed by atoms with E-state index < -0.39 is 12.0 Å². The molecule has 1 amide bonds. The van der Waals surface area contributed by atoms with Crippen LogP contribution < -0.4 is 11.1 Å². The number of nitrogens with two attached hydrogens (primary N) is 1. The lowest BCUT2D eigenvalue weighted by Crippen LogP contribution is -2.32. The van der Waals surface area contributed by atoms with E-state index in [9.17, 15) is 9.59 Å². The van der Waals surface area contributed by atoms with Crippen molar-refractivity contribution in [3.05, 3.63) is 5.89 Å². The maximum Gasteiger partial charge on any atom is 0.322 e. The molecule has 1 unspecified atom stereocenters. The van der Waals surface area contributed by atoms with Gasteiger partial charge >= 0.3 is 12.0 Å². The number of methoxy groups -OCH3 is 1. The van der Waals surface area contributed by atoms with Crippen molar-refractivity contribution in [1.29, 1.82) is 0 Å². The van der Waals surface area contributed by atoms with E-state index in [0.717, 1.165) is 12.8 Å². The molecule has 3 N–H and O–H groups in total. The van der Waals surface area contributed by atoms with Crippen molar-refractivity contribution in [2.75, 3.05) is 23.9 Å². The maximum absolute atomic E-state index is 11.7. The van der Waals surface area contributed by atoms with Gasteiger partial charge in [-0.15, -0.1) is 5.10 Å². The molecule has 1 heterocycles. The van der Waals surface area contributed by atoms with Crippen LogP contribution >= 0.6 is 11.8 Å². The number of esters is 1. The summed E-state index contributed by atoms with van der Waals surface area (Å²) in [4.78, 5) is 22.7. The quantitative estimate of drug-likeness (QED) is 0.526. The number of amides is 1. The van der Waals surface area contributed by atoms with Crippen molar-refractivity contribution in [2.45, 2.75) is 31.2 Å². The Labute approximate surface area is 126 Å². The topological polar surface area (TPSA) is 120 Å². The van der Waals surface area contributed by atoms with Crippen LogP contribution in [-0.2, 0) is 14.3 Å². The third kappa shape index (κ3) is 5.01. The van der Waals surface area contributed by atoms with Crippen LogP contribution in [0.25, 0.3) is 0 Å². The van der Waals surface area contributed by atoms with Crippen LogP contribution in [0.2, 0.25) is 0 Å². The summed E-state index contributed by atoms with van der Waals surface area (Å²) in [5.74, 6) is 1.09. The van der Waals surface area contributed by atoms with Gasteiger partial charge in [0.05, 0.1) is 12.9 Å². The van der Waals surface area contributed by atoms with Crippen LogP contribution in [-0.4, -0.2) is 46.7 Å². The number of carbonyl (C=O) groups excluding carboxylic acids is 2. The van der Waals surface area contributed by atoms with Gasteiger partial charge in [0, 0.05) is 5.92 Å². The number of hydrogen-bond donors (Lipinski definition) is 2. The van der Waals surface area contributed by atoms with Crippen molar-refractivity contribution < 1.29 is 18.7 Å². The zero-order valence-corrected chi connectivity index (χ0v) is 12.5. The Balaban J connectivity index is 1.61. The summed E-state index contributed by atoms with van der Waals surface area (Å²) >= 11 is 1.37. The fourth-order valence-corrected chi connectivity index (χ4v) is 2.40. The van der Waals surface area contributed by atoms with E-state index in [1.807, 2.05) is 0 Å². The molecule has 1 aliphatic rings. The first kappa shape index (κ1) is 15.8. The van der Waals surface area contributed by atoms with Gasteiger partial charge in [-0.2, -0.15) is 11.8 Å². The van der Waals surface area contributed by atoms with E-state index in [1.54, 1.807) is 0 Å². The Morgan fingerprint density at radius 1 is 1.52 bits per heavy atom. The number of hydrogen-bond acceptors (Lipinski definition) is 8. The number of aromatic nitrogens is 2. The van der Waals surface area contributed by atoms with E-state index in [0.29, 0.717) is 24.0 Å². The zero-order valence-electron chi connectivity index (χ0n) is 11.7. The summed E-state index contributed by atoms with van der Waals surface area (Å²) in [5.41, 5.74) is 5.58. The molecule has 116 valence electrons. The molecular weight excluding hydrogens is 296 g/mol. The largest absolute Gasteiger partial charge is 0.468 e. The Hall–Kier alpha value is -1.61. The highest BCUT2D eigenvalue weighted by atomic mass is 32.2. The molecule has 1 saturated carbocycles. The summed E-state index contributed by atoms with van der Waals surface area (Å²) in [6.07, 6.45) is 2.58. The first-order valence-electron chi connectivity index (χ1n) is 6.64. The van der Waals surface area contributed by atoms with Crippen molar-refractivity contribution >= 4 is 29.7 Å². The van der Waals surface area contributed by atoms with Gasteiger partial charge in [0.15, 0.2) is 0 Å². The Morgan fingerprint density at radius 2 is 2.29 bits per heavy atom. The SMILES string of the molecule is COC(=O)C(N)CCSCC(=O)Nc1nnc(C2CC2)o1. The van der Waals surface area contributed by atoms with Crippen molar-refractivity contribution in [2.24, 2.45) is 5.73 Å². The summed E-state index contributed by atoms with van der Waals surface area (Å²) < 4.78 is 9.84. The summed E-state index contributed by atoms with van der Waals surface area (Å²) in [5, 5.41) is 10.2. The molecule has 21 heavy (non-hydrogen) atoms. The van der Waals surface area contributed by atoms with Gasteiger partial charge in [-0.3, -0.25) is 14.9 Å². The summed E-state index contributed by atoms with van der Waals surface area (Å²) in [6.45, 7) is 0. The highest BCUT2D eigenvalue weighted by Crippen LogP contribution is 2.39. The zero-order chi connectivity index (χ0) is 15.2. The first-order valence-corrected chi connectivity index (χ1v) is 7.80. The average molecular weight is 314 g/mol. The molecule has 0 radical (unpaired) electrons. The van der Waals surface area contributed by atoms with Crippen molar-refractivity contribution in [3.8, 4) is 0 Å². The minimum absolute atomic E-state index is 0.133. The van der Waals surface area contributed by atoms with Crippen molar-refractivity contribution in [1.82, 2.24) is 10.2 Å². The predicted octanol–water partition coefficient (Wildman–Crippen LogP) is 0.509. The normalized spacial score (nSPS) is 15.5. The number of carbonyl (C=O) groups is 2. The lowest BCUT2D eigenvalue weighted by molar-refractivity contribution is -0.142. The van der Waals surface area contributed by atoms with Crippen LogP contribution in [0, 0.1) is 0 Å². The molecule has 0 aliphatic heterocycles. The third-order valence-electron chi connectivity index (χ3n) is 2.92. The van der Waals surface area contributed by atoms with Gasteiger partial charge in [0.1, 0.15) is 6.04 Å². The molecular formula is C12H18N4O4S. The van der Waals surface area contributed by atoms with Crippen LogP contribution in [0.4, 0.5) is 6.01 Å². The second-order valence-electron chi connectivity index (χ2n) is 4.74. The number of rotatable bonds is 8. The lowest BCUT2D eigenvalue weighted by atomic mass is 10.2. The Morgan fingerprint density at radius 3 is 2.95 bits per heavy atom. The molecule has 1 aromatic rings.